The predicted octanol–water partition coefficient (Wildman–Crippen LogP) is 2.97. The molecule has 2 heterocycles. The number of piperazine rings is 1. The summed E-state index contributed by atoms with van der Waals surface area (Å²) in [4.78, 5) is 3.28. The molecule has 1 unspecified atom stereocenters. The molecule has 0 bridgehead atoms. The molecular formula is C19H22F2N4S. The molecule has 4 nitrogen and oxygen atoms in total. The minimum atomic E-state index is -0.569. The van der Waals surface area contributed by atoms with Crippen LogP contribution in [0.2, 0.25) is 0 Å². The molecule has 1 atom stereocenters. The third-order valence-corrected chi connectivity index (χ3v) is 7.07. The second kappa shape index (κ2) is 7.08. The lowest BCUT2D eigenvalue weighted by Gasteiger charge is -2.29. The molecule has 0 aromatic heterocycles. The van der Waals surface area contributed by atoms with Gasteiger partial charge in [0, 0.05) is 49.2 Å². The summed E-state index contributed by atoms with van der Waals surface area (Å²) >= 11 is 0. The normalized spacial score (nSPS) is 20.5. The molecule has 0 amide bonds. The molecule has 2 aliphatic rings. The second-order valence-electron chi connectivity index (χ2n) is 6.35. The first-order valence-electron chi connectivity index (χ1n) is 8.79. The summed E-state index contributed by atoms with van der Waals surface area (Å²) in [5, 5.41) is 4.22. The summed E-state index contributed by atoms with van der Waals surface area (Å²) < 4.78 is 29.9. The van der Waals surface area contributed by atoms with Crippen molar-refractivity contribution >= 4 is 21.5 Å². The molecule has 2 aromatic rings. The van der Waals surface area contributed by atoms with Crippen LogP contribution in [0.15, 0.2) is 41.3 Å². The number of halogens is 2. The van der Waals surface area contributed by atoms with E-state index in [1.165, 1.54) is 17.0 Å². The average molecular weight is 376 g/mol. The quantitative estimate of drug-likeness (QED) is 0.809. The zero-order valence-corrected chi connectivity index (χ0v) is 15.5. The summed E-state index contributed by atoms with van der Waals surface area (Å²) in [6, 6.07) is 9.61. The lowest BCUT2D eigenvalue weighted by atomic mass is 10.0. The lowest BCUT2D eigenvalue weighted by Crippen LogP contribution is -2.42. The van der Waals surface area contributed by atoms with Crippen LogP contribution in [-0.2, 0) is 0 Å². The van der Waals surface area contributed by atoms with Crippen LogP contribution in [0.5, 0.6) is 0 Å². The van der Waals surface area contributed by atoms with E-state index in [2.05, 4.69) is 21.4 Å². The Labute approximate surface area is 154 Å². The Morgan fingerprint density at radius 3 is 2.58 bits per heavy atom. The van der Waals surface area contributed by atoms with Crippen molar-refractivity contribution in [3.63, 3.8) is 0 Å². The van der Waals surface area contributed by atoms with Gasteiger partial charge in [0.2, 0.25) is 0 Å². The maximum atomic E-state index is 14.2. The number of nitrogens with one attached hydrogen (secondary N) is 1. The van der Waals surface area contributed by atoms with E-state index < -0.39 is 11.6 Å². The van der Waals surface area contributed by atoms with E-state index >= 15 is 0 Å². The molecule has 1 fully saturated rings. The zero-order chi connectivity index (χ0) is 18.3. The van der Waals surface area contributed by atoms with Crippen molar-refractivity contribution in [3.05, 3.63) is 48.0 Å². The Morgan fingerprint density at radius 2 is 1.88 bits per heavy atom. The number of benzene rings is 2. The van der Waals surface area contributed by atoms with Gasteiger partial charge in [-0.15, -0.1) is 0 Å². The fourth-order valence-electron chi connectivity index (χ4n) is 3.54. The number of anilines is 1. The van der Waals surface area contributed by atoms with Gasteiger partial charge in [-0.3, -0.25) is 5.73 Å². The summed E-state index contributed by atoms with van der Waals surface area (Å²) in [5.74, 6) is -1.12. The Kier molecular flexibility index (Phi) is 4.79. The number of nitrogens with zero attached hydrogens (tertiary/aromatic N) is 2. The average Bonchev–Trinajstić information content (AvgIpc) is 2.92. The minimum absolute atomic E-state index is 0.277. The van der Waals surface area contributed by atoms with Gasteiger partial charge in [0.25, 0.3) is 0 Å². The van der Waals surface area contributed by atoms with Gasteiger partial charge >= 0.3 is 0 Å². The van der Waals surface area contributed by atoms with Crippen molar-refractivity contribution in [1.29, 1.82) is 0 Å². The first-order valence-corrected chi connectivity index (χ1v) is 9.98. The van der Waals surface area contributed by atoms with Crippen LogP contribution < -0.4 is 16.0 Å². The molecule has 4 rings (SSSR count). The molecule has 0 radical (unpaired) electrons. The standard InChI is InChI=1S/C19H22F2N4S/c1-2-25-17-11-13(15-5-4-14(20)12-16(15)21)3-6-18(17)26(19(25)22)24-9-7-23-8-10-24/h3-6,11-12,23H,2,7-10,22H2,1H3. The lowest BCUT2D eigenvalue weighted by molar-refractivity contribution is 0.395. The Balaban J connectivity index is 1.78. The molecule has 7 heteroatoms. The third kappa shape index (κ3) is 2.95. The molecule has 2 aromatic carbocycles. The topological polar surface area (TPSA) is 44.5 Å². The van der Waals surface area contributed by atoms with E-state index in [4.69, 9.17) is 5.73 Å². The van der Waals surface area contributed by atoms with Crippen molar-refractivity contribution in [2.45, 2.75) is 11.8 Å². The first-order chi connectivity index (χ1) is 12.6. The summed E-state index contributed by atoms with van der Waals surface area (Å²) in [5.41, 5.74) is 8.68. The molecule has 0 aliphatic carbocycles. The summed E-state index contributed by atoms with van der Waals surface area (Å²) in [6.45, 7) is 6.63. The van der Waals surface area contributed by atoms with Gasteiger partial charge in [-0.1, -0.05) is 6.07 Å². The van der Waals surface area contributed by atoms with Crippen molar-refractivity contribution < 1.29 is 8.78 Å². The van der Waals surface area contributed by atoms with Gasteiger partial charge in [-0.05, 0) is 47.4 Å². The van der Waals surface area contributed by atoms with Gasteiger partial charge in [0.15, 0.2) is 0 Å². The monoisotopic (exact) mass is 376 g/mol. The zero-order valence-electron chi connectivity index (χ0n) is 14.6. The number of rotatable bonds is 3. The minimum Gasteiger partial charge on any atom is -0.326 e. The predicted molar refractivity (Wildman–Crippen MR) is 104 cm³/mol. The molecule has 1 saturated heterocycles. The summed E-state index contributed by atoms with van der Waals surface area (Å²) in [6.07, 6.45) is 0. The van der Waals surface area contributed by atoms with Crippen LogP contribution in [-0.4, -0.2) is 42.1 Å². The first kappa shape index (κ1) is 17.6. The second-order valence-corrected chi connectivity index (χ2v) is 8.30. The van der Waals surface area contributed by atoms with Crippen molar-refractivity contribution in [1.82, 2.24) is 9.62 Å². The molecule has 3 N–H and O–H groups in total. The van der Waals surface area contributed by atoms with Crippen molar-refractivity contribution in [2.75, 3.05) is 37.6 Å². The van der Waals surface area contributed by atoms with Gasteiger partial charge in [0.05, 0.1) is 5.69 Å². The highest BCUT2D eigenvalue weighted by molar-refractivity contribution is 8.14. The highest BCUT2D eigenvalue weighted by Crippen LogP contribution is 2.46. The van der Waals surface area contributed by atoms with Crippen molar-refractivity contribution in [3.8, 4) is 11.1 Å². The van der Waals surface area contributed by atoms with Gasteiger partial charge in [-0.25, -0.2) is 13.1 Å². The van der Waals surface area contributed by atoms with E-state index in [1.807, 2.05) is 18.2 Å². The molecule has 0 spiro atoms. The highest BCUT2D eigenvalue weighted by atomic mass is 32.2. The van der Waals surface area contributed by atoms with Gasteiger partial charge in [-0.2, -0.15) is 0 Å². The molecule has 0 saturated carbocycles. The van der Waals surface area contributed by atoms with Crippen LogP contribution in [0, 0.1) is 11.6 Å². The van der Waals surface area contributed by atoms with E-state index in [-0.39, 0.29) is 10.7 Å². The molecule has 138 valence electrons. The van der Waals surface area contributed by atoms with E-state index in [0.717, 1.165) is 55.2 Å². The SMILES string of the molecule is CCN1C(N)=S(N2CCNCC2)c2ccc(-c3ccc(F)cc3F)cc21. The largest absolute Gasteiger partial charge is 0.326 e. The summed E-state index contributed by atoms with van der Waals surface area (Å²) in [7, 11) is -0.277. The Bertz CT molecular complexity index is 878. The van der Waals surface area contributed by atoms with Crippen LogP contribution in [0.1, 0.15) is 6.92 Å². The van der Waals surface area contributed by atoms with Crippen LogP contribution in [0.25, 0.3) is 11.1 Å². The van der Waals surface area contributed by atoms with Crippen LogP contribution in [0.3, 0.4) is 0 Å². The van der Waals surface area contributed by atoms with Crippen LogP contribution >= 0.6 is 10.7 Å². The van der Waals surface area contributed by atoms with E-state index in [0.29, 0.717) is 5.56 Å². The Morgan fingerprint density at radius 1 is 1.12 bits per heavy atom. The Hall–Kier alpha value is -1.80. The smallest absolute Gasteiger partial charge is 0.133 e. The number of fused-ring (bicyclic) bond motifs is 1. The fourth-order valence-corrected chi connectivity index (χ4v) is 5.86. The van der Waals surface area contributed by atoms with Gasteiger partial charge < -0.3 is 10.2 Å². The maximum Gasteiger partial charge on any atom is 0.133 e. The molecule has 26 heavy (non-hydrogen) atoms. The highest BCUT2D eigenvalue weighted by Gasteiger charge is 2.30. The van der Waals surface area contributed by atoms with E-state index in [1.54, 1.807) is 0 Å². The molecular weight excluding hydrogens is 354 g/mol. The number of hydrogen-bond donors (Lipinski definition) is 2. The third-order valence-electron chi connectivity index (χ3n) is 4.81. The maximum absolute atomic E-state index is 14.2. The number of nitrogens with two attached hydrogens (primary N) is 1. The van der Waals surface area contributed by atoms with E-state index in [9.17, 15) is 8.78 Å². The van der Waals surface area contributed by atoms with Crippen LogP contribution in [0.4, 0.5) is 14.5 Å². The number of hydrogen-bond acceptors (Lipinski definition) is 4. The molecule has 2 aliphatic heterocycles. The fraction of sp³-hybridized carbons (Fsp3) is 0.316. The van der Waals surface area contributed by atoms with Gasteiger partial charge in [0.1, 0.15) is 16.7 Å². The van der Waals surface area contributed by atoms with Crippen molar-refractivity contribution in [2.24, 2.45) is 5.73 Å².